The Balaban J connectivity index is 1.49. The lowest BCUT2D eigenvalue weighted by molar-refractivity contribution is -0.274. The van der Waals surface area contributed by atoms with Crippen molar-refractivity contribution in [2.45, 2.75) is 50.5 Å². The largest absolute Gasteiger partial charge is 0.445 e. The second-order valence-corrected chi connectivity index (χ2v) is 8.50. The van der Waals surface area contributed by atoms with Gasteiger partial charge in [-0.05, 0) is 16.7 Å². The van der Waals surface area contributed by atoms with Crippen LogP contribution < -0.4 is 5.32 Å². The number of carbonyl (C=O) groups is 1. The molecule has 0 saturated carbocycles. The van der Waals surface area contributed by atoms with Crippen LogP contribution in [0.1, 0.15) is 16.7 Å². The highest BCUT2D eigenvalue weighted by molar-refractivity contribution is 5.67. The summed E-state index contributed by atoms with van der Waals surface area (Å²) in [5, 5.41) is 23.4. The molecule has 1 aliphatic heterocycles. The molecule has 1 fully saturated rings. The van der Waals surface area contributed by atoms with E-state index in [1.54, 1.807) is 0 Å². The predicted molar refractivity (Wildman–Crippen MR) is 132 cm³/mol. The molecule has 0 aromatic heterocycles. The smallest absolute Gasteiger partial charge is 0.407 e. The van der Waals surface area contributed by atoms with E-state index in [2.05, 4.69) is 5.32 Å². The van der Waals surface area contributed by atoms with Crippen molar-refractivity contribution in [3.8, 4) is 0 Å². The third-order valence-electron chi connectivity index (χ3n) is 5.91. The number of rotatable bonds is 10. The van der Waals surface area contributed by atoms with Gasteiger partial charge in [-0.15, -0.1) is 0 Å². The topological polar surface area (TPSA) is 106 Å². The van der Waals surface area contributed by atoms with Crippen molar-refractivity contribution >= 4 is 6.09 Å². The lowest BCUT2D eigenvalue weighted by atomic mass is 9.96. The van der Waals surface area contributed by atoms with Gasteiger partial charge in [0.25, 0.3) is 0 Å². The summed E-state index contributed by atoms with van der Waals surface area (Å²) < 4.78 is 23.3. The van der Waals surface area contributed by atoms with E-state index in [9.17, 15) is 15.0 Å². The molecule has 190 valence electrons. The lowest BCUT2D eigenvalue weighted by Crippen LogP contribution is -2.65. The average Bonchev–Trinajstić information content (AvgIpc) is 2.93. The second kappa shape index (κ2) is 13.2. The van der Waals surface area contributed by atoms with Crippen LogP contribution in [0.15, 0.2) is 91.0 Å². The summed E-state index contributed by atoms with van der Waals surface area (Å²) >= 11 is 0. The van der Waals surface area contributed by atoms with Crippen LogP contribution in [-0.4, -0.2) is 53.6 Å². The van der Waals surface area contributed by atoms with Gasteiger partial charge in [0, 0.05) is 0 Å². The van der Waals surface area contributed by atoms with Crippen LogP contribution in [0.2, 0.25) is 0 Å². The highest BCUT2D eigenvalue weighted by Crippen LogP contribution is 2.27. The van der Waals surface area contributed by atoms with Gasteiger partial charge in [0.15, 0.2) is 6.29 Å². The van der Waals surface area contributed by atoms with Gasteiger partial charge in [0.05, 0.1) is 19.8 Å². The number of nitrogens with one attached hydrogen (secondary N) is 1. The van der Waals surface area contributed by atoms with Crippen molar-refractivity contribution in [3.63, 3.8) is 0 Å². The maximum atomic E-state index is 12.6. The number of aliphatic hydroxyl groups excluding tert-OH is 2. The van der Waals surface area contributed by atoms with E-state index in [1.165, 1.54) is 0 Å². The first kappa shape index (κ1) is 25.8. The first-order valence-corrected chi connectivity index (χ1v) is 11.9. The minimum absolute atomic E-state index is 0.0685. The quantitative estimate of drug-likeness (QED) is 0.398. The molecule has 5 atom stereocenters. The highest BCUT2D eigenvalue weighted by Gasteiger charge is 2.47. The third kappa shape index (κ3) is 7.13. The van der Waals surface area contributed by atoms with E-state index in [0.29, 0.717) is 0 Å². The van der Waals surface area contributed by atoms with Crippen molar-refractivity contribution in [2.24, 2.45) is 0 Å². The third-order valence-corrected chi connectivity index (χ3v) is 5.91. The second-order valence-electron chi connectivity index (χ2n) is 8.50. The molecule has 8 nitrogen and oxygen atoms in total. The summed E-state index contributed by atoms with van der Waals surface area (Å²) in [6.45, 7) is 0.114. The van der Waals surface area contributed by atoms with Gasteiger partial charge >= 0.3 is 6.09 Å². The summed E-state index contributed by atoms with van der Waals surface area (Å²) in [5.74, 6) is 0. The molecule has 36 heavy (non-hydrogen) atoms. The van der Waals surface area contributed by atoms with E-state index in [1.807, 2.05) is 91.0 Å². The zero-order chi connectivity index (χ0) is 25.2. The summed E-state index contributed by atoms with van der Waals surface area (Å²) in [6.07, 6.45) is -4.64. The lowest BCUT2D eigenvalue weighted by Gasteiger charge is -2.44. The van der Waals surface area contributed by atoms with E-state index < -0.39 is 43.3 Å². The van der Waals surface area contributed by atoms with Crippen LogP contribution in [0.3, 0.4) is 0 Å². The van der Waals surface area contributed by atoms with Crippen molar-refractivity contribution in [1.29, 1.82) is 0 Å². The van der Waals surface area contributed by atoms with E-state index in [4.69, 9.17) is 18.9 Å². The molecule has 0 unspecified atom stereocenters. The highest BCUT2D eigenvalue weighted by atomic mass is 16.6. The zero-order valence-electron chi connectivity index (χ0n) is 19.8. The average molecular weight is 494 g/mol. The van der Waals surface area contributed by atoms with Crippen LogP contribution in [0.25, 0.3) is 0 Å². The fraction of sp³-hybridized carbons (Fsp3) is 0.321. The number of ether oxygens (including phenoxy) is 4. The number of benzene rings is 3. The summed E-state index contributed by atoms with van der Waals surface area (Å²) in [4.78, 5) is 12.6. The molecule has 4 rings (SSSR count). The molecule has 0 aliphatic carbocycles. The van der Waals surface area contributed by atoms with Crippen molar-refractivity contribution < 1.29 is 34.0 Å². The molecule has 0 bridgehead atoms. The molecule has 1 amide bonds. The minimum atomic E-state index is -1.44. The zero-order valence-corrected chi connectivity index (χ0v) is 19.8. The van der Waals surface area contributed by atoms with Gasteiger partial charge in [-0.2, -0.15) is 0 Å². The number of hydrogen-bond acceptors (Lipinski definition) is 7. The molecule has 0 radical (unpaired) electrons. The predicted octanol–water partition coefficient (Wildman–Crippen LogP) is 3.16. The Labute approximate surface area is 210 Å². The number of amides is 1. The normalized spacial score (nSPS) is 23.7. The Morgan fingerprint density at radius 3 is 1.72 bits per heavy atom. The fourth-order valence-electron chi connectivity index (χ4n) is 4.05. The maximum absolute atomic E-state index is 12.6. The van der Waals surface area contributed by atoms with Crippen molar-refractivity contribution in [1.82, 2.24) is 5.32 Å². The maximum Gasteiger partial charge on any atom is 0.407 e. The molecule has 0 spiro atoms. The SMILES string of the molecule is O=C(N[C@@H]1[C@@H](OCc2ccccc2)[C@H](OCc2ccccc2)[C@@H](CO)O[C@@H]1O)OCc1ccccc1. The molecule has 1 heterocycles. The van der Waals surface area contributed by atoms with Crippen LogP contribution in [0.5, 0.6) is 0 Å². The van der Waals surface area contributed by atoms with Crippen LogP contribution in [0, 0.1) is 0 Å². The Kier molecular flexibility index (Phi) is 9.43. The molecule has 8 heteroatoms. The van der Waals surface area contributed by atoms with E-state index in [0.717, 1.165) is 16.7 Å². The molecule has 3 aromatic rings. The number of carbonyl (C=O) groups excluding carboxylic acids is 1. The molecule has 1 aliphatic rings. The Bertz CT molecular complexity index is 1050. The van der Waals surface area contributed by atoms with Crippen molar-refractivity contribution in [3.05, 3.63) is 108 Å². The standard InChI is InChI=1S/C28H31NO7/c30-16-23-25(33-17-20-10-4-1-5-11-20)26(34-18-21-12-6-2-7-13-21)24(27(31)36-23)29-28(32)35-19-22-14-8-3-9-15-22/h1-15,23-27,30-31H,16-19H2,(H,29,32)/t23-,24-,25-,26-,27+/m1/s1. The van der Waals surface area contributed by atoms with Gasteiger partial charge in [0.1, 0.15) is 31.0 Å². The van der Waals surface area contributed by atoms with Gasteiger partial charge in [-0.1, -0.05) is 91.0 Å². The van der Waals surface area contributed by atoms with Gasteiger partial charge in [-0.3, -0.25) is 0 Å². The summed E-state index contributed by atoms with van der Waals surface area (Å²) in [6, 6.07) is 27.4. The van der Waals surface area contributed by atoms with E-state index in [-0.39, 0.29) is 19.8 Å². The first-order chi connectivity index (χ1) is 17.6. The van der Waals surface area contributed by atoms with Gasteiger partial charge in [0.2, 0.25) is 0 Å². The van der Waals surface area contributed by atoms with Crippen LogP contribution in [0.4, 0.5) is 4.79 Å². The Morgan fingerprint density at radius 1 is 0.750 bits per heavy atom. The van der Waals surface area contributed by atoms with Gasteiger partial charge < -0.3 is 34.5 Å². The van der Waals surface area contributed by atoms with Crippen LogP contribution >= 0.6 is 0 Å². The number of hydrogen-bond donors (Lipinski definition) is 3. The number of aliphatic hydroxyl groups is 2. The minimum Gasteiger partial charge on any atom is -0.445 e. The van der Waals surface area contributed by atoms with Gasteiger partial charge in [-0.25, -0.2) is 4.79 Å². The molecule has 1 saturated heterocycles. The summed E-state index contributed by atoms with van der Waals surface area (Å²) in [5.41, 5.74) is 2.66. The van der Waals surface area contributed by atoms with Crippen LogP contribution in [-0.2, 0) is 38.8 Å². The molecular formula is C28H31NO7. The monoisotopic (exact) mass is 493 g/mol. The van der Waals surface area contributed by atoms with Crippen molar-refractivity contribution in [2.75, 3.05) is 6.61 Å². The fourth-order valence-corrected chi connectivity index (χ4v) is 4.05. The molecule has 3 N–H and O–H groups in total. The Hall–Kier alpha value is -3.27. The summed E-state index contributed by atoms with van der Waals surface area (Å²) in [7, 11) is 0. The first-order valence-electron chi connectivity index (χ1n) is 11.9. The molecule has 3 aromatic carbocycles. The molecular weight excluding hydrogens is 462 g/mol. The Morgan fingerprint density at radius 2 is 1.22 bits per heavy atom. The van der Waals surface area contributed by atoms with E-state index >= 15 is 0 Å². The number of alkyl carbamates (subject to hydrolysis) is 1.